The van der Waals surface area contributed by atoms with Crippen molar-refractivity contribution in [1.29, 1.82) is 0 Å². The second-order valence-electron chi connectivity index (χ2n) is 6.01. The maximum atomic E-state index is 11.8. The van der Waals surface area contributed by atoms with Crippen LogP contribution < -0.4 is 5.32 Å². The van der Waals surface area contributed by atoms with Crippen LogP contribution in [-0.2, 0) is 18.8 Å². The molecule has 5 nitrogen and oxygen atoms in total. The minimum atomic E-state index is -0.457. The topological polar surface area (TPSA) is 56.8 Å². The van der Waals surface area contributed by atoms with E-state index >= 15 is 0 Å². The molecular weight excluding hydrogens is 245 g/mol. The average molecular weight is 267 g/mol. The van der Waals surface area contributed by atoms with Gasteiger partial charge in [-0.05, 0) is 46.1 Å². The van der Waals surface area contributed by atoms with Gasteiger partial charge < -0.3 is 19.4 Å². The lowest BCUT2D eigenvalue weighted by atomic mass is 9.72. The highest BCUT2D eigenvalue weighted by Gasteiger charge is 2.53. The van der Waals surface area contributed by atoms with Gasteiger partial charge in [0, 0.05) is 12.1 Å². The van der Waals surface area contributed by atoms with E-state index in [9.17, 15) is 4.79 Å². The van der Waals surface area contributed by atoms with Crippen molar-refractivity contribution in [3.8, 4) is 0 Å². The third-order valence-electron chi connectivity index (χ3n) is 4.23. The summed E-state index contributed by atoms with van der Waals surface area (Å²) >= 11 is 0. The van der Waals surface area contributed by atoms with Gasteiger partial charge >= 0.3 is 13.1 Å². The molecule has 2 aliphatic rings. The molecular formula is C13H22BNO4. The molecule has 0 unspecified atom stereocenters. The molecule has 0 spiro atoms. The fourth-order valence-electron chi connectivity index (χ4n) is 2.27. The lowest BCUT2D eigenvalue weighted by Crippen LogP contribution is -2.41. The van der Waals surface area contributed by atoms with Crippen LogP contribution in [0.1, 0.15) is 34.1 Å². The molecule has 2 heterocycles. The summed E-state index contributed by atoms with van der Waals surface area (Å²) in [6.07, 6.45) is 0.737. The van der Waals surface area contributed by atoms with Gasteiger partial charge in [-0.25, -0.2) is 4.79 Å². The Morgan fingerprint density at radius 1 is 1.26 bits per heavy atom. The van der Waals surface area contributed by atoms with Gasteiger partial charge in [-0.1, -0.05) is 0 Å². The molecule has 19 heavy (non-hydrogen) atoms. The molecule has 1 fully saturated rings. The van der Waals surface area contributed by atoms with E-state index in [1.807, 2.05) is 27.7 Å². The number of nitrogens with one attached hydrogen (secondary N) is 1. The van der Waals surface area contributed by atoms with Crippen LogP contribution in [0.5, 0.6) is 0 Å². The summed E-state index contributed by atoms with van der Waals surface area (Å²) in [5.74, 6) is -0.308. The highest BCUT2D eigenvalue weighted by atomic mass is 16.7. The third kappa shape index (κ3) is 2.57. The molecule has 0 bridgehead atoms. The van der Waals surface area contributed by atoms with Gasteiger partial charge in [-0.15, -0.1) is 0 Å². The van der Waals surface area contributed by atoms with Crippen molar-refractivity contribution < 1.29 is 18.8 Å². The van der Waals surface area contributed by atoms with E-state index in [1.165, 1.54) is 7.11 Å². The monoisotopic (exact) mass is 267 g/mol. The predicted octanol–water partition coefficient (Wildman–Crippen LogP) is 1.08. The van der Waals surface area contributed by atoms with Crippen LogP contribution in [0.25, 0.3) is 0 Å². The van der Waals surface area contributed by atoms with Crippen molar-refractivity contribution in [1.82, 2.24) is 5.32 Å². The summed E-state index contributed by atoms with van der Waals surface area (Å²) in [6, 6.07) is 0. The maximum Gasteiger partial charge on any atom is 0.491 e. The number of rotatable bonds is 2. The Labute approximate surface area is 114 Å². The van der Waals surface area contributed by atoms with Crippen LogP contribution in [0, 0.1) is 0 Å². The smallest absolute Gasteiger partial charge is 0.466 e. The summed E-state index contributed by atoms with van der Waals surface area (Å²) in [5, 5.41) is 3.18. The molecule has 0 aromatic heterocycles. The number of hydrogen-bond acceptors (Lipinski definition) is 5. The summed E-state index contributed by atoms with van der Waals surface area (Å²) in [4.78, 5) is 11.8. The first-order valence-electron chi connectivity index (χ1n) is 6.65. The van der Waals surface area contributed by atoms with Crippen LogP contribution in [0.4, 0.5) is 0 Å². The van der Waals surface area contributed by atoms with Gasteiger partial charge in [0.05, 0.1) is 18.3 Å². The summed E-state index contributed by atoms with van der Waals surface area (Å²) < 4.78 is 16.9. The van der Waals surface area contributed by atoms with Gasteiger partial charge in [0.1, 0.15) is 0 Å². The molecule has 0 aromatic rings. The van der Waals surface area contributed by atoms with E-state index in [4.69, 9.17) is 14.0 Å². The summed E-state index contributed by atoms with van der Waals surface area (Å²) in [6.45, 7) is 9.35. The molecule has 2 rings (SSSR count). The van der Waals surface area contributed by atoms with E-state index < -0.39 is 18.3 Å². The molecule has 6 heteroatoms. The number of hydrogen-bond donors (Lipinski definition) is 1. The van der Waals surface area contributed by atoms with Crippen molar-refractivity contribution >= 4 is 13.1 Å². The van der Waals surface area contributed by atoms with E-state index in [0.29, 0.717) is 12.1 Å². The largest absolute Gasteiger partial charge is 0.491 e. The van der Waals surface area contributed by atoms with Crippen LogP contribution in [-0.4, -0.2) is 44.5 Å². The first-order valence-corrected chi connectivity index (χ1v) is 6.65. The molecule has 2 aliphatic heterocycles. The second kappa shape index (κ2) is 4.92. The lowest BCUT2D eigenvalue weighted by Gasteiger charge is -2.32. The van der Waals surface area contributed by atoms with Crippen molar-refractivity contribution in [2.75, 3.05) is 20.2 Å². The number of esters is 1. The van der Waals surface area contributed by atoms with E-state index in [1.54, 1.807) is 0 Å². The Balaban J connectivity index is 2.30. The lowest BCUT2D eigenvalue weighted by molar-refractivity contribution is -0.136. The molecule has 0 atom stereocenters. The molecule has 0 amide bonds. The molecule has 0 aliphatic carbocycles. The van der Waals surface area contributed by atoms with Gasteiger partial charge in [0.25, 0.3) is 0 Å². The number of ether oxygens (including phenoxy) is 1. The highest BCUT2D eigenvalue weighted by molar-refractivity contribution is 6.55. The van der Waals surface area contributed by atoms with E-state index in [-0.39, 0.29) is 5.97 Å². The zero-order valence-electron chi connectivity index (χ0n) is 12.3. The number of carbonyl (C=O) groups excluding carboxylic acids is 1. The molecule has 0 aromatic carbocycles. The molecule has 0 saturated carbocycles. The predicted molar refractivity (Wildman–Crippen MR) is 72.6 cm³/mol. The van der Waals surface area contributed by atoms with Crippen LogP contribution in [0.3, 0.4) is 0 Å². The molecule has 1 saturated heterocycles. The van der Waals surface area contributed by atoms with Crippen molar-refractivity contribution in [3.05, 3.63) is 11.0 Å². The van der Waals surface area contributed by atoms with Crippen molar-refractivity contribution in [2.24, 2.45) is 0 Å². The number of carbonyl (C=O) groups is 1. The Hall–Kier alpha value is -0.845. The minimum Gasteiger partial charge on any atom is -0.466 e. The van der Waals surface area contributed by atoms with Crippen LogP contribution in [0.15, 0.2) is 11.0 Å². The van der Waals surface area contributed by atoms with Gasteiger partial charge in [-0.3, -0.25) is 0 Å². The molecule has 1 N–H and O–H groups in total. The summed E-state index contributed by atoms with van der Waals surface area (Å²) in [7, 11) is 0.937. The minimum absolute atomic E-state index is 0.308. The highest BCUT2D eigenvalue weighted by Crippen LogP contribution is 2.39. The Bertz CT molecular complexity index is 401. The van der Waals surface area contributed by atoms with E-state index in [0.717, 1.165) is 18.4 Å². The summed E-state index contributed by atoms with van der Waals surface area (Å²) in [5.41, 5.74) is 0.754. The van der Waals surface area contributed by atoms with Crippen LogP contribution in [0.2, 0.25) is 0 Å². The zero-order valence-corrected chi connectivity index (χ0v) is 12.3. The zero-order chi connectivity index (χ0) is 14.3. The average Bonchev–Trinajstić information content (AvgIpc) is 2.57. The Morgan fingerprint density at radius 2 is 1.84 bits per heavy atom. The second-order valence-corrected chi connectivity index (χ2v) is 6.01. The maximum absolute atomic E-state index is 11.8. The van der Waals surface area contributed by atoms with Gasteiger partial charge in [-0.2, -0.15) is 0 Å². The van der Waals surface area contributed by atoms with Gasteiger partial charge in [0.2, 0.25) is 0 Å². The third-order valence-corrected chi connectivity index (χ3v) is 4.23. The normalized spacial score (nSPS) is 25.6. The molecule has 106 valence electrons. The molecule has 0 radical (unpaired) electrons. The Morgan fingerprint density at radius 3 is 2.37 bits per heavy atom. The first kappa shape index (κ1) is 14.6. The SMILES string of the molecule is COC(=O)C1=C(B2OC(C)(C)C(C)(C)O2)CCNC1. The first-order chi connectivity index (χ1) is 8.78. The van der Waals surface area contributed by atoms with Gasteiger partial charge in [0.15, 0.2) is 0 Å². The Kier molecular flexibility index (Phi) is 3.77. The quantitative estimate of drug-likeness (QED) is 0.599. The van der Waals surface area contributed by atoms with Crippen molar-refractivity contribution in [2.45, 2.75) is 45.3 Å². The van der Waals surface area contributed by atoms with Crippen LogP contribution >= 0.6 is 0 Å². The standard InChI is InChI=1S/C13H22BNO4/c1-12(2)13(3,4)19-14(18-12)10-6-7-15-8-9(10)11(16)17-5/h15H,6-8H2,1-5H3. The number of methoxy groups -OCH3 is 1. The van der Waals surface area contributed by atoms with E-state index in [2.05, 4.69) is 5.32 Å². The fraction of sp³-hybridized carbons (Fsp3) is 0.769. The fourth-order valence-corrected chi connectivity index (χ4v) is 2.27. The van der Waals surface area contributed by atoms with Crippen molar-refractivity contribution in [3.63, 3.8) is 0 Å².